The summed E-state index contributed by atoms with van der Waals surface area (Å²) in [5, 5.41) is 0. The fourth-order valence-electron chi connectivity index (χ4n) is 2.26. The highest BCUT2D eigenvalue weighted by molar-refractivity contribution is 9.10. The lowest BCUT2D eigenvalue weighted by atomic mass is 10.1. The molecule has 1 heterocycles. The third-order valence-corrected chi connectivity index (χ3v) is 4.15. The second kappa shape index (κ2) is 7.17. The molecule has 1 fully saturated rings. The number of benzene rings is 1. The monoisotopic (exact) mass is 382 g/mol. The fourth-order valence-corrected chi connectivity index (χ4v) is 2.82. The minimum atomic E-state index is -1.18. The lowest BCUT2D eigenvalue weighted by Gasteiger charge is -2.33. The highest BCUT2D eigenvalue weighted by Gasteiger charge is 2.41. The van der Waals surface area contributed by atoms with E-state index in [0.717, 1.165) is 17.3 Å². The van der Waals surface area contributed by atoms with Gasteiger partial charge in [-0.3, -0.25) is 0 Å². The average Bonchev–Trinajstić information content (AvgIpc) is 2.49. The second-order valence-electron chi connectivity index (χ2n) is 5.47. The number of unbranched alkanes of at least 4 members (excludes halogenated alkanes) is 1. The molecule has 1 saturated heterocycles. The molecule has 124 valence electrons. The normalized spacial score (nSPS) is 20.8. The van der Waals surface area contributed by atoms with E-state index in [9.17, 15) is 9.59 Å². The molecule has 1 aromatic rings. The highest BCUT2D eigenvalue weighted by Crippen LogP contribution is 2.30. The summed E-state index contributed by atoms with van der Waals surface area (Å²) in [6.45, 7) is 3.63. The van der Waals surface area contributed by atoms with Gasteiger partial charge in [-0.15, -0.1) is 0 Å². The van der Waals surface area contributed by atoms with Crippen molar-refractivity contribution in [2.45, 2.75) is 38.9 Å². The number of carbonyl (C=O) groups excluding carboxylic acids is 2. The molecule has 5 nitrogen and oxygen atoms in total. The van der Waals surface area contributed by atoms with Crippen LogP contribution in [0.15, 0.2) is 28.2 Å². The highest BCUT2D eigenvalue weighted by atomic mass is 79.9. The van der Waals surface area contributed by atoms with Gasteiger partial charge in [0.05, 0.1) is 11.6 Å². The molecule has 0 amide bonds. The SMILES string of the molecule is CCCCC1(C)OC(=O)C(=Cc2ccc(OC)c(Br)c2)C(=O)O1. The Bertz CT molecular complexity index is 630. The molecule has 1 aliphatic heterocycles. The van der Waals surface area contributed by atoms with Gasteiger partial charge in [-0.05, 0) is 46.1 Å². The molecule has 0 atom stereocenters. The summed E-state index contributed by atoms with van der Waals surface area (Å²) >= 11 is 3.36. The summed E-state index contributed by atoms with van der Waals surface area (Å²) in [6.07, 6.45) is 3.67. The van der Waals surface area contributed by atoms with E-state index in [0.29, 0.717) is 17.7 Å². The topological polar surface area (TPSA) is 61.8 Å². The van der Waals surface area contributed by atoms with Crippen molar-refractivity contribution < 1.29 is 23.8 Å². The Balaban J connectivity index is 2.22. The van der Waals surface area contributed by atoms with Crippen molar-refractivity contribution in [3.05, 3.63) is 33.8 Å². The van der Waals surface area contributed by atoms with Crippen LogP contribution in [0.2, 0.25) is 0 Å². The second-order valence-corrected chi connectivity index (χ2v) is 6.32. The van der Waals surface area contributed by atoms with Crippen LogP contribution in [0.25, 0.3) is 6.08 Å². The predicted molar refractivity (Wildman–Crippen MR) is 88.8 cm³/mol. The van der Waals surface area contributed by atoms with Crippen LogP contribution >= 0.6 is 15.9 Å². The number of ether oxygens (including phenoxy) is 3. The van der Waals surface area contributed by atoms with E-state index in [1.165, 1.54) is 6.08 Å². The Kier molecular flexibility index (Phi) is 5.46. The van der Waals surface area contributed by atoms with E-state index in [2.05, 4.69) is 15.9 Å². The number of halogens is 1. The standard InChI is InChI=1S/C17H19BrO5/c1-4-5-8-17(2)22-15(19)12(16(20)23-17)9-11-6-7-14(21-3)13(18)10-11/h6-7,9-10H,4-5,8H2,1-3H3. The van der Waals surface area contributed by atoms with Crippen LogP contribution < -0.4 is 4.74 Å². The average molecular weight is 383 g/mol. The maximum atomic E-state index is 12.2. The maximum Gasteiger partial charge on any atom is 0.348 e. The first-order chi connectivity index (χ1) is 10.9. The maximum absolute atomic E-state index is 12.2. The van der Waals surface area contributed by atoms with Gasteiger partial charge in [-0.1, -0.05) is 19.4 Å². The summed E-state index contributed by atoms with van der Waals surface area (Å²) in [7, 11) is 1.56. The molecular weight excluding hydrogens is 364 g/mol. The first-order valence-electron chi connectivity index (χ1n) is 7.40. The number of methoxy groups -OCH3 is 1. The molecule has 0 bridgehead atoms. The van der Waals surface area contributed by atoms with Gasteiger partial charge in [0.2, 0.25) is 0 Å². The Morgan fingerprint density at radius 3 is 2.43 bits per heavy atom. The van der Waals surface area contributed by atoms with Crippen LogP contribution in [0.3, 0.4) is 0 Å². The predicted octanol–water partition coefficient (Wildman–Crippen LogP) is 3.85. The summed E-state index contributed by atoms with van der Waals surface area (Å²) in [5.74, 6) is -1.84. The Labute approximate surface area is 143 Å². The van der Waals surface area contributed by atoms with Crippen LogP contribution in [0.1, 0.15) is 38.7 Å². The van der Waals surface area contributed by atoms with Crippen molar-refractivity contribution in [2.24, 2.45) is 0 Å². The van der Waals surface area contributed by atoms with Gasteiger partial charge in [0, 0.05) is 13.3 Å². The fraction of sp³-hybridized carbons (Fsp3) is 0.412. The van der Waals surface area contributed by atoms with E-state index < -0.39 is 17.7 Å². The van der Waals surface area contributed by atoms with Crippen LogP contribution in [0, 0.1) is 0 Å². The zero-order valence-corrected chi connectivity index (χ0v) is 14.9. The molecule has 0 aromatic heterocycles. The lowest BCUT2D eigenvalue weighted by Crippen LogP contribution is -2.44. The summed E-state index contributed by atoms with van der Waals surface area (Å²) in [5.41, 5.74) is 0.551. The van der Waals surface area contributed by atoms with E-state index >= 15 is 0 Å². The van der Waals surface area contributed by atoms with E-state index in [-0.39, 0.29) is 5.57 Å². The first kappa shape index (κ1) is 17.5. The quantitative estimate of drug-likeness (QED) is 0.439. The van der Waals surface area contributed by atoms with Gasteiger partial charge < -0.3 is 14.2 Å². The van der Waals surface area contributed by atoms with Crippen molar-refractivity contribution in [2.75, 3.05) is 7.11 Å². The van der Waals surface area contributed by atoms with E-state index in [4.69, 9.17) is 14.2 Å². The minimum absolute atomic E-state index is 0.115. The molecule has 0 unspecified atom stereocenters. The van der Waals surface area contributed by atoms with Crippen LogP contribution in [-0.4, -0.2) is 24.8 Å². The number of rotatable bonds is 5. The van der Waals surface area contributed by atoms with Crippen molar-refractivity contribution >= 4 is 33.9 Å². The van der Waals surface area contributed by atoms with E-state index in [1.807, 2.05) is 6.92 Å². The molecule has 0 aliphatic carbocycles. The van der Waals surface area contributed by atoms with Crippen LogP contribution in [0.4, 0.5) is 0 Å². The smallest absolute Gasteiger partial charge is 0.348 e. The van der Waals surface area contributed by atoms with Gasteiger partial charge in [-0.25, -0.2) is 9.59 Å². The summed E-state index contributed by atoms with van der Waals surface area (Å²) in [4.78, 5) is 24.3. The van der Waals surface area contributed by atoms with Crippen LogP contribution in [0.5, 0.6) is 5.75 Å². The Morgan fingerprint density at radius 1 is 1.26 bits per heavy atom. The van der Waals surface area contributed by atoms with Crippen molar-refractivity contribution in [1.82, 2.24) is 0 Å². The Hall–Kier alpha value is -1.82. The molecule has 0 radical (unpaired) electrons. The Morgan fingerprint density at radius 2 is 1.91 bits per heavy atom. The third-order valence-electron chi connectivity index (χ3n) is 3.53. The lowest BCUT2D eigenvalue weighted by molar-refractivity contribution is -0.230. The zero-order valence-electron chi connectivity index (χ0n) is 13.3. The number of esters is 2. The third kappa shape index (κ3) is 4.13. The van der Waals surface area contributed by atoms with E-state index in [1.54, 1.807) is 32.2 Å². The number of cyclic esters (lactones) is 2. The molecule has 2 rings (SSSR count). The summed E-state index contributed by atoms with van der Waals surface area (Å²) < 4.78 is 16.5. The molecule has 0 N–H and O–H groups in total. The van der Waals surface area contributed by atoms with Crippen LogP contribution in [-0.2, 0) is 19.1 Å². The molecule has 0 spiro atoms. The number of carbonyl (C=O) groups is 2. The molecule has 1 aromatic carbocycles. The minimum Gasteiger partial charge on any atom is -0.496 e. The summed E-state index contributed by atoms with van der Waals surface area (Å²) in [6, 6.07) is 5.22. The largest absolute Gasteiger partial charge is 0.496 e. The molecule has 1 aliphatic rings. The van der Waals surface area contributed by atoms with Gasteiger partial charge in [0.15, 0.2) is 0 Å². The molecule has 6 heteroatoms. The molecule has 23 heavy (non-hydrogen) atoms. The molecular formula is C17H19BrO5. The number of hydrogen-bond acceptors (Lipinski definition) is 5. The number of hydrogen-bond donors (Lipinski definition) is 0. The van der Waals surface area contributed by atoms with Crippen molar-refractivity contribution in [1.29, 1.82) is 0 Å². The van der Waals surface area contributed by atoms with Gasteiger partial charge >= 0.3 is 11.9 Å². The van der Waals surface area contributed by atoms with Crippen molar-refractivity contribution in [3.63, 3.8) is 0 Å². The molecule has 0 saturated carbocycles. The zero-order chi connectivity index (χ0) is 17.0. The van der Waals surface area contributed by atoms with Crippen molar-refractivity contribution in [3.8, 4) is 5.75 Å². The first-order valence-corrected chi connectivity index (χ1v) is 8.20. The van der Waals surface area contributed by atoms with Gasteiger partial charge in [0.1, 0.15) is 11.3 Å². The van der Waals surface area contributed by atoms with Gasteiger partial charge in [0.25, 0.3) is 5.79 Å². The van der Waals surface area contributed by atoms with Gasteiger partial charge in [-0.2, -0.15) is 0 Å².